The SMILES string of the molecule is CSc1ccc(-c2ccc3ncc4cccn4c3c2)cc1. The molecule has 0 fully saturated rings. The van der Waals surface area contributed by atoms with Crippen LogP contribution in [-0.4, -0.2) is 15.6 Å². The average Bonchev–Trinajstić information content (AvgIpc) is 3.03. The van der Waals surface area contributed by atoms with Crippen molar-refractivity contribution in [3.8, 4) is 11.1 Å². The fraction of sp³-hybridized carbons (Fsp3) is 0.0556. The van der Waals surface area contributed by atoms with Gasteiger partial charge in [0.25, 0.3) is 0 Å². The number of fused-ring (bicyclic) bond motifs is 3. The highest BCUT2D eigenvalue weighted by Crippen LogP contribution is 2.26. The van der Waals surface area contributed by atoms with E-state index in [1.54, 1.807) is 11.8 Å². The zero-order chi connectivity index (χ0) is 14.2. The summed E-state index contributed by atoms with van der Waals surface area (Å²) in [4.78, 5) is 5.81. The lowest BCUT2D eigenvalue weighted by molar-refractivity contribution is 1.23. The van der Waals surface area contributed by atoms with Gasteiger partial charge in [-0.3, -0.25) is 4.98 Å². The second kappa shape index (κ2) is 4.93. The Morgan fingerprint density at radius 2 is 1.76 bits per heavy atom. The van der Waals surface area contributed by atoms with Crippen LogP contribution in [0.25, 0.3) is 27.7 Å². The third-order valence-corrected chi connectivity index (χ3v) is 4.52. The minimum atomic E-state index is 1.02. The van der Waals surface area contributed by atoms with Crippen molar-refractivity contribution in [3.63, 3.8) is 0 Å². The van der Waals surface area contributed by atoms with E-state index in [4.69, 9.17) is 0 Å². The van der Waals surface area contributed by atoms with E-state index in [1.165, 1.54) is 16.0 Å². The van der Waals surface area contributed by atoms with Crippen LogP contribution in [0.15, 0.2) is 71.9 Å². The molecular weight excluding hydrogens is 276 g/mol. The molecule has 2 aromatic heterocycles. The van der Waals surface area contributed by atoms with Gasteiger partial charge in [0.05, 0.1) is 22.7 Å². The molecule has 0 saturated heterocycles. The topological polar surface area (TPSA) is 17.3 Å². The van der Waals surface area contributed by atoms with Gasteiger partial charge in [-0.15, -0.1) is 11.8 Å². The van der Waals surface area contributed by atoms with Crippen LogP contribution in [0.4, 0.5) is 0 Å². The van der Waals surface area contributed by atoms with E-state index < -0.39 is 0 Å². The molecule has 0 aliphatic heterocycles. The molecule has 0 spiro atoms. The van der Waals surface area contributed by atoms with Gasteiger partial charge in [0, 0.05) is 11.1 Å². The lowest BCUT2D eigenvalue weighted by Crippen LogP contribution is -1.90. The Balaban J connectivity index is 1.92. The third-order valence-electron chi connectivity index (χ3n) is 3.77. The predicted molar refractivity (Wildman–Crippen MR) is 89.9 cm³/mol. The maximum atomic E-state index is 4.52. The van der Waals surface area contributed by atoms with E-state index >= 15 is 0 Å². The molecule has 21 heavy (non-hydrogen) atoms. The summed E-state index contributed by atoms with van der Waals surface area (Å²) in [5, 5.41) is 0. The van der Waals surface area contributed by atoms with Crippen molar-refractivity contribution >= 4 is 28.3 Å². The number of nitrogens with zero attached hydrogens (tertiary/aromatic N) is 2. The fourth-order valence-corrected chi connectivity index (χ4v) is 3.05. The smallest absolute Gasteiger partial charge is 0.0871 e. The maximum absolute atomic E-state index is 4.52. The van der Waals surface area contributed by atoms with E-state index in [0.29, 0.717) is 0 Å². The molecule has 0 aliphatic carbocycles. The van der Waals surface area contributed by atoms with Gasteiger partial charge in [0.2, 0.25) is 0 Å². The zero-order valence-corrected chi connectivity index (χ0v) is 12.5. The average molecular weight is 290 g/mol. The van der Waals surface area contributed by atoms with E-state index in [2.05, 4.69) is 76.4 Å². The van der Waals surface area contributed by atoms with Gasteiger partial charge in [-0.25, -0.2) is 0 Å². The summed E-state index contributed by atoms with van der Waals surface area (Å²) >= 11 is 1.76. The molecule has 0 atom stereocenters. The summed E-state index contributed by atoms with van der Waals surface area (Å²) < 4.78 is 2.18. The second-order valence-corrected chi connectivity index (χ2v) is 5.87. The van der Waals surface area contributed by atoms with E-state index in [-0.39, 0.29) is 0 Å². The molecule has 4 rings (SSSR count). The van der Waals surface area contributed by atoms with Crippen molar-refractivity contribution in [2.45, 2.75) is 4.90 Å². The van der Waals surface area contributed by atoms with Crippen molar-refractivity contribution < 1.29 is 0 Å². The highest BCUT2D eigenvalue weighted by Gasteiger charge is 2.04. The summed E-state index contributed by atoms with van der Waals surface area (Å²) in [6.45, 7) is 0. The van der Waals surface area contributed by atoms with Gasteiger partial charge in [-0.1, -0.05) is 18.2 Å². The molecule has 102 valence electrons. The molecule has 2 aromatic carbocycles. The van der Waals surface area contributed by atoms with Crippen molar-refractivity contribution in [2.24, 2.45) is 0 Å². The predicted octanol–water partition coefficient (Wildman–Crippen LogP) is 4.88. The zero-order valence-electron chi connectivity index (χ0n) is 11.7. The van der Waals surface area contributed by atoms with Crippen LogP contribution in [-0.2, 0) is 0 Å². The first-order chi connectivity index (χ1) is 10.3. The molecule has 0 N–H and O–H groups in total. The quantitative estimate of drug-likeness (QED) is 0.490. The Morgan fingerprint density at radius 1 is 0.952 bits per heavy atom. The summed E-state index contributed by atoms with van der Waals surface area (Å²) in [6, 6.07) is 19.3. The number of hydrogen-bond acceptors (Lipinski definition) is 2. The summed E-state index contributed by atoms with van der Waals surface area (Å²) in [6.07, 6.45) is 6.09. The Labute approximate surface area is 127 Å². The lowest BCUT2D eigenvalue weighted by Gasteiger charge is -2.07. The van der Waals surface area contributed by atoms with E-state index in [1.807, 2.05) is 6.20 Å². The summed E-state index contributed by atoms with van der Waals surface area (Å²) in [5.74, 6) is 0. The normalized spacial score (nSPS) is 11.3. The van der Waals surface area contributed by atoms with Crippen LogP contribution in [0, 0.1) is 0 Å². The van der Waals surface area contributed by atoms with Gasteiger partial charge in [-0.05, 0) is 53.8 Å². The first kappa shape index (κ1) is 12.5. The largest absolute Gasteiger partial charge is 0.314 e. The Bertz CT molecular complexity index is 923. The first-order valence-corrected chi connectivity index (χ1v) is 8.08. The molecule has 0 radical (unpaired) electrons. The minimum absolute atomic E-state index is 1.02. The van der Waals surface area contributed by atoms with Crippen molar-refractivity contribution in [1.29, 1.82) is 0 Å². The third kappa shape index (κ3) is 2.10. The van der Waals surface area contributed by atoms with Gasteiger partial charge >= 0.3 is 0 Å². The Hall–Kier alpha value is -2.26. The van der Waals surface area contributed by atoms with Crippen molar-refractivity contribution in [1.82, 2.24) is 9.38 Å². The van der Waals surface area contributed by atoms with Crippen molar-refractivity contribution in [2.75, 3.05) is 6.26 Å². The molecule has 4 aromatic rings. The molecule has 2 nitrogen and oxygen atoms in total. The molecule has 0 amide bonds. The fourth-order valence-electron chi connectivity index (χ4n) is 2.64. The van der Waals surface area contributed by atoms with Crippen LogP contribution in [0.1, 0.15) is 0 Å². The van der Waals surface area contributed by atoms with Crippen LogP contribution in [0.5, 0.6) is 0 Å². The summed E-state index contributed by atoms with van der Waals surface area (Å²) in [5.41, 5.74) is 5.74. The van der Waals surface area contributed by atoms with E-state index in [9.17, 15) is 0 Å². The van der Waals surface area contributed by atoms with Crippen LogP contribution < -0.4 is 0 Å². The molecule has 2 heterocycles. The molecule has 0 aliphatic rings. The van der Waals surface area contributed by atoms with Crippen LogP contribution in [0.2, 0.25) is 0 Å². The van der Waals surface area contributed by atoms with Crippen LogP contribution >= 0.6 is 11.8 Å². The number of thioether (sulfide) groups is 1. The number of rotatable bonds is 2. The Morgan fingerprint density at radius 3 is 2.57 bits per heavy atom. The molecule has 0 saturated carbocycles. The maximum Gasteiger partial charge on any atom is 0.0871 e. The molecule has 3 heteroatoms. The standard InChI is InChI=1S/C18H14N2S/c1-21-16-7-4-13(5-8-16)14-6-9-17-18(11-14)20-10-2-3-15(20)12-19-17/h2-12H,1H3. The molecule has 0 unspecified atom stereocenters. The van der Waals surface area contributed by atoms with Gasteiger partial charge in [0.1, 0.15) is 0 Å². The van der Waals surface area contributed by atoms with Gasteiger partial charge in [-0.2, -0.15) is 0 Å². The summed E-state index contributed by atoms with van der Waals surface area (Å²) in [7, 11) is 0. The highest BCUT2D eigenvalue weighted by atomic mass is 32.2. The minimum Gasteiger partial charge on any atom is -0.314 e. The highest BCUT2D eigenvalue weighted by molar-refractivity contribution is 7.98. The van der Waals surface area contributed by atoms with Crippen molar-refractivity contribution in [3.05, 3.63) is 67.0 Å². The monoisotopic (exact) mass is 290 g/mol. The number of aromatic nitrogens is 2. The van der Waals surface area contributed by atoms with Gasteiger partial charge in [0.15, 0.2) is 0 Å². The lowest BCUT2D eigenvalue weighted by atomic mass is 10.1. The Kier molecular flexibility index (Phi) is 2.93. The molecule has 0 bridgehead atoms. The number of hydrogen-bond donors (Lipinski definition) is 0. The number of benzene rings is 2. The first-order valence-electron chi connectivity index (χ1n) is 6.85. The van der Waals surface area contributed by atoms with Crippen LogP contribution in [0.3, 0.4) is 0 Å². The van der Waals surface area contributed by atoms with Gasteiger partial charge < -0.3 is 4.40 Å². The second-order valence-electron chi connectivity index (χ2n) is 4.99. The molecular formula is C18H14N2S. The van der Waals surface area contributed by atoms with E-state index in [0.717, 1.165) is 16.6 Å².